The van der Waals surface area contributed by atoms with Crippen LogP contribution < -0.4 is 0 Å². The SMILES string of the molecule is CN(Cc1cc2cc(F)ccc2[nH]1)C[C@@H]1CCCN2CCCC[C@H]12. The van der Waals surface area contributed by atoms with Crippen LogP contribution in [0.4, 0.5) is 4.39 Å². The maximum atomic E-state index is 13.3. The van der Waals surface area contributed by atoms with Crippen molar-refractivity contribution >= 4 is 10.9 Å². The molecule has 0 radical (unpaired) electrons. The van der Waals surface area contributed by atoms with Crippen molar-refractivity contribution in [1.82, 2.24) is 14.8 Å². The summed E-state index contributed by atoms with van der Waals surface area (Å²) in [5, 5.41) is 0.967. The quantitative estimate of drug-likeness (QED) is 0.916. The average Bonchev–Trinajstić information content (AvgIpc) is 2.96. The summed E-state index contributed by atoms with van der Waals surface area (Å²) in [5.41, 5.74) is 2.20. The first-order chi connectivity index (χ1) is 11.7. The molecular weight excluding hydrogens is 301 g/mol. The van der Waals surface area contributed by atoms with E-state index in [4.69, 9.17) is 0 Å². The Kier molecular flexibility index (Phi) is 4.59. The minimum Gasteiger partial charge on any atom is -0.357 e. The molecule has 2 aliphatic heterocycles. The van der Waals surface area contributed by atoms with Crippen LogP contribution in [-0.2, 0) is 6.54 Å². The molecule has 0 saturated carbocycles. The molecule has 1 aromatic heterocycles. The number of fused-ring (bicyclic) bond motifs is 2. The molecule has 24 heavy (non-hydrogen) atoms. The molecule has 4 rings (SSSR count). The summed E-state index contributed by atoms with van der Waals surface area (Å²) in [6, 6.07) is 7.84. The van der Waals surface area contributed by atoms with Crippen molar-refractivity contribution in [2.45, 2.75) is 44.7 Å². The molecule has 2 atom stereocenters. The van der Waals surface area contributed by atoms with Crippen LogP contribution in [0.5, 0.6) is 0 Å². The lowest BCUT2D eigenvalue weighted by Crippen LogP contribution is -2.50. The van der Waals surface area contributed by atoms with Crippen molar-refractivity contribution in [3.63, 3.8) is 0 Å². The van der Waals surface area contributed by atoms with Crippen LogP contribution in [0.25, 0.3) is 10.9 Å². The van der Waals surface area contributed by atoms with Crippen molar-refractivity contribution in [2.24, 2.45) is 5.92 Å². The van der Waals surface area contributed by atoms with Gasteiger partial charge in [-0.05, 0) is 76.0 Å². The van der Waals surface area contributed by atoms with Gasteiger partial charge in [0.25, 0.3) is 0 Å². The summed E-state index contributed by atoms with van der Waals surface area (Å²) >= 11 is 0. The van der Waals surface area contributed by atoms with Crippen LogP contribution in [0, 0.1) is 11.7 Å². The predicted octanol–water partition coefficient (Wildman–Crippen LogP) is 4.00. The maximum absolute atomic E-state index is 13.3. The molecule has 1 N–H and O–H groups in total. The third-order valence-electron chi connectivity index (χ3n) is 5.85. The van der Waals surface area contributed by atoms with Gasteiger partial charge in [0, 0.05) is 35.7 Å². The fraction of sp³-hybridized carbons (Fsp3) is 0.600. The molecule has 2 aliphatic rings. The Morgan fingerprint density at radius 3 is 2.96 bits per heavy atom. The summed E-state index contributed by atoms with van der Waals surface area (Å²) in [7, 11) is 2.22. The van der Waals surface area contributed by atoms with E-state index in [1.54, 1.807) is 6.07 Å². The van der Waals surface area contributed by atoms with E-state index in [0.717, 1.165) is 36.0 Å². The minimum absolute atomic E-state index is 0.166. The number of hydrogen-bond acceptors (Lipinski definition) is 2. The summed E-state index contributed by atoms with van der Waals surface area (Å²) in [6.45, 7) is 4.67. The van der Waals surface area contributed by atoms with Crippen molar-refractivity contribution in [2.75, 3.05) is 26.7 Å². The van der Waals surface area contributed by atoms with Gasteiger partial charge in [-0.25, -0.2) is 4.39 Å². The van der Waals surface area contributed by atoms with E-state index in [0.29, 0.717) is 0 Å². The smallest absolute Gasteiger partial charge is 0.123 e. The van der Waals surface area contributed by atoms with Gasteiger partial charge in [-0.2, -0.15) is 0 Å². The Morgan fingerprint density at radius 1 is 1.17 bits per heavy atom. The van der Waals surface area contributed by atoms with Gasteiger partial charge >= 0.3 is 0 Å². The highest BCUT2D eigenvalue weighted by molar-refractivity contribution is 5.80. The number of rotatable bonds is 4. The van der Waals surface area contributed by atoms with Gasteiger partial charge in [0.15, 0.2) is 0 Å². The van der Waals surface area contributed by atoms with Crippen molar-refractivity contribution in [3.8, 4) is 0 Å². The molecule has 0 aliphatic carbocycles. The Hall–Kier alpha value is -1.39. The van der Waals surface area contributed by atoms with Crippen molar-refractivity contribution < 1.29 is 4.39 Å². The number of nitrogens with one attached hydrogen (secondary N) is 1. The van der Waals surface area contributed by atoms with Crippen LogP contribution in [0.2, 0.25) is 0 Å². The minimum atomic E-state index is -0.166. The third-order valence-corrected chi connectivity index (χ3v) is 5.85. The molecule has 3 heterocycles. The molecule has 130 valence electrons. The highest BCUT2D eigenvalue weighted by Crippen LogP contribution is 2.31. The van der Waals surface area contributed by atoms with Crippen LogP contribution in [0.1, 0.15) is 37.8 Å². The first-order valence-corrected chi connectivity index (χ1v) is 9.39. The van der Waals surface area contributed by atoms with E-state index in [1.807, 2.05) is 6.07 Å². The first-order valence-electron chi connectivity index (χ1n) is 9.39. The van der Waals surface area contributed by atoms with Crippen LogP contribution >= 0.6 is 0 Å². The molecule has 4 heteroatoms. The Bertz CT molecular complexity index is 693. The number of piperidine rings is 2. The Labute approximate surface area is 143 Å². The molecule has 2 aromatic rings. The van der Waals surface area contributed by atoms with E-state index in [9.17, 15) is 4.39 Å². The molecular formula is C20H28FN3. The zero-order valence-electron chi connectivity index (χ0n) is 14.6. The van der Waals surface area contributed by atoms with E-state index >= 15 is 0 Å². The van der Waals surface area contributed by atoms with Gasteiger partial charge < -0.3 is 14.8 Å². The van der Waals surface area contributed by atoms with Gasteiger partial charge in [-0.15, -0.1) is 0 Å². The van der Waals surface area contributed by atoms with E-state index in [2.05, 4.69) is 27.9 Å². The van der Waals surface area contributed by atoms with Crippen LogP contribution in [-0.4, -0.2) is 47.5 Å². The second kappa shape index (κ2) is 6.85. The number of benzene rings is 1. The number of nitrogens with zero attached hydrogens (tertiary/aromatic N) is 2. The third kappa shape index (κ3) is 3.35. The predicted molar refractivity (Wildman–Crippen MR) is 96.5 cm³/mol. The fourth-order valence-electron chi connectivity index (χ4n) is 4.79. The average molecular weight is 329 g/mol. The molecule has 1 aromatic carbocycles. The van der Waals surface area contributed by atoms with Gasteiger partial charge in [-0.1, -0.05) is 6.42 Å². The van der Waals surface area contributed by atoms with E-state index in [1.165, 1.54) is 57.0 Å². The second-order valence-electron chi connectivity index (χ2n) is 7.72. The van der Waals surface area contributed by atoms with Gasteiger partial charge in [0.2, 0.25) is 0 Å². The molecule has 2 fully saturated rings. The van der Waals surface area contributed by atoms with Gasteiger partial charge in [-0.3, -0.25) is 0 Å². The lowest BCUT2D eigenvalue weighted by Gasteiger charge is -2.45. The number of aromatic nitrogens is 1. The van der Waals surface area contributed by atoms with Crippen molar-refractivity contribution in [3.05, 3.63) is 35.8 Å². The normalized spacial score (nSPS) is 25.3. The second-order valence-corrected chi connectivity index (χ2v) is 7.72. The topological polar surface area (TPSA) is 22.3 Å². The van der Waals surface area contributed by atoms with Gasteiger partial charge in [0.1, 0.15) is 5.82 Å². The summed E-state index contributed by atoms with van der Waals surface area (Å²) < 4.78 is 13.3. The number of H-pyrrole nitrogens is 1. The first kappa shape index (κ1) is 16.1. The number of hydrogen-bond donors (Lipinski definition) is 1. The lowest BCUT2D eigenvalue weighted by molar-refractivity contribution is 0.0433. The monoisotopic (exact) mass is 329 g/mol. The van der Waals surface area contributed by atoms with Gasteiger partial charge in [0.05, 0.1) is 0 Å². The molecule has 0 amide bonds. The summed E-state index contributed by atoms with van der Waals surface area (Å²) in [6.07, 6.45) is 6.87. The van der Waals surface area contributed by atoms with Crippen LogP contribution in [0.3, 0.4) is 0 Å². The fourth-order valence-corrected chi connectivity index (χ4v) is 4.79. The zero-order valence-corrected chi connectivity index (χ0v) is 14.6. The van der Waals surface area contributed by atoms with Crippen LogP contribution in [0.15, 0.2) is 24.3 Å². The molecule has 0 bridgehead atoms. The standard InChI is InChI=1S/C20H28FN3/c1-23(13-15-5-4-10-24-9-3-2-6-20(15)24)14-18-12-16-11-17(21)7-8-19(16)22-18/h7-8,11-12,15,20,22H,2-6,9-10,13-14H2,1H3/t15-,20+/m0/s1. The molecule has 2 saturated heterocycles. The zero-order chi connectivity index (χ0) is 16.5. The highest BCUT2D eigenvalue weighted by atomic mass is 19.1. The maximum Gasteiger partial charge on any atom is 0.123 e. The van der Waals surface area contributed by atoms with Crippen molar-refractivity contribution in [1.29, 1.82) is 0 Å². The Balaban J connectivity index is 1.40. The van der Waals surface area contributed by atoms with E-state index < -0.39 is 0 Å². The molecule has 3 nitrogen and oxygen atoms in total. The molecule has 0 spiro atoms. The highest BCUT2D eigenvalue weighted by Gasteiger charge is 2.33. The Morgan fingerprint density at radius 2 is 2.04 bits per heavy atom. The largest absolute Gasteiger partial charge is 0.357 e. The van der Waals surface area contributed by atoms with E-state index in [-0.39, 0.29) is 5.82 Å². The molecule has 0 unspecified atom stereocenters. The lowest BCUT2D eigenvalue weighted by atomic mass is 9.83. The summed E-state index contributed by atoms with van der Waals surface area (Å²) in [4.78, 5) is 8.60. The number of halogens is 1. The number of aromatic amines is 1. The summed E-state index contributed by atoms with van der Waals surface area (Å²) in [5.74, 6) is 0.631.